The van der Waals surface area contributed by atoms with Crippen molar-refractivity contribution in [1.29, 1.82) is 0 Å². The van der Waals surface area contributed by atoms with Crippen molar-refractivity contribution in [2.45, 2.75) is 31.3 Å². The molecule has 22 heavy (non-hydrogen) atoms. The van der Waals surface area contributed by atoms with Crippen LogP contribution in [-0.2, 0) is 16.0 Å². The van der Waals surface area contributed by atoms with Crippen molar-refractivity contribution in [3.05, 3.63) is 41.4 Å². The Kier molecular flexibility index (Phi) is 5.44. The third kappa shape index (κ3) is 4.24. The van der Waals surface area contributed by atoms with Gasteiger partial charge in [-0.25, -0.2) is 0 Å². The zero-order chi connectivity index (χ0) is 16.1. The van der Waals surface area contributed by atoms with E-state index in [4.69, 9.17) is 16.3 Å². The topological polar surface area (TPSA) is 67.4 Å². The molecule has 0 aliphatic heterocycles. The number of rotatable bonds is 6. The summed E-state index contributed by atoms with van der Waals surface area (Å²) in [6, 6.07) is 5.46. The van der Waals surface area contributed by atoms with Gasteiger partial charge in [-0.1, -0.05) is 24.2 Å². The lowest BCUT2D eigenvalue weighted by atomic mass is 9.86. The van der Waals surface area contributed by atoms with Gasteiger partial charge in [-0.2, -0.15) is 0 Å². The second-order valence-electron chi connectivity index (χ2n) is 5.28. The summed E-state index contributed by atoms with van der Waals surface area (Å²) in [5.74, 6) is 0.402. The highest BCUT2D eigenvalue weighted by Gasteiger charge is 2.30. The van der Waals surface area contributed by atoms with Crippen LogP contribution in [-0.4, -0.2) is 31.0 Å². The summed E-state index contributed by atoms with van der Waals surface area (Å²) < 4.78 is 5.07. The molecule has 0 aromatic heterocycles. The van der Waals surface area contributed by atoms with Gasteiger partial charge in [0.05, 0.1) is 13.5 Å². The molecule has 0 heterocycles. The van der Waals surface area contributed by atoms with Gasteiger partial charge in [0.1, 0.15) is 5.75 Å². The molecule has 2 amide bonds. The molecule has 0 bridgehead atoms. The van der Waals surface area contributed by atoms with Crippen LogP contribution in [0, 0.1) is 0 Å². The quantitative estimate of drug-likeness (QED) is 0.785. The maximum atomic E-state index is 12.0. The summed E-state index contributed by atoms with van der Waals surface area (Å²) in [7, 11) is 1.57. The SMILES string of the molecule is C=CC(=O)NC1CC(NC(=O)Cc2ccc(OC)cc2Cl)C1. The largest absolute Gasteiger partial charge is 0.497 e. The minimum absolute atomic E-state index is 0.0782. The number of carbonyl (C=O) groups excluding carboxylic acids is 2. The third-order valence-corrected chi connectivity index (χ3v) is 4.00. The number of ether oxygens (including phenoxy) is 1. The monoisotopic (exact) mass is 322 g/mol. The fourth-order valence-corrected chi connectivity index (χ4v) is 2.60. The van der Waals surface area contributed by atoms with E-state index in [1.54, 1.807) is 25.3 Å². The standard InChI is InChI=1S/C16H19ClN2O3/c1-3-15(20)18-11-7-12(8-11)19-16(21)6-10-4-5-13(22-2)9-14(10)17/h3-5,9,11-12H,1,6-8H2,2H3,(H,18,20)(H,19,21). The van der Waals surface area contributed by atoms with E-state index in [-0.39, 0.29) is 30.3 Å². The van der Waals surface area contributed by atoms with Crippen LogP contribution in [0.1, 0.15) is 18.4 Å². The number of hydrogen-bond donors (Lipinski definition) is 2. The van der Waals surface area contributed by atoms with Gasteiger partial charge in [0.15, 0.2) is 0 Å². The van der Waals surface area contributed by atoms with Crippen LogP contribution >= 0.6 is 11.6 Å². The lowest BCUT2D eigenvalue weighted by Gasteiger charge is -2.36. The first-order valence-electron chi connectivity index (χ1n) is 7.06. The van der Waals surface area contributed by atoms with Crippen molar-refractivity contribution in [3.63, 3.8) is 0 Å². The molecular formula is C16H19ClN2O3. The van der Waals surface area contributed by atoms with Gasteiger partial charge < -0.3 is 15.4 Å². The lowest BCUT2D eigenvalue weighted by molar-refractivity contribution is -0.122. The Bertz CT molecular complexity index is 583. The molecule has 0 spiro atoms. The Morgan fingerprint density at radius 1 is 1.36 bits per heavy atom. The van der Waals surface area contributed by atoms with Gasteiger partial charge in [0.25, 0.3) is 0 Å². The molecule has 0 atom stereocenters. The van der Waals surface area contributed by atoms with E-state index in [0.717, 1.165) is 18.4 Å². The zero-order valence-corrected chi connectivity index (χ0v) is 13.2. The molecule has 1 aliphatic rings. The Morgan fingerprint density at radius 3 is 2.64 bits per heavy atom. The van der Waals surface area contributed by atoms with Crippen molar-refractivity contribution in [2.75, 3.05) is 7.11 Å². The average molecular weight is 323 g/mol. The Labute approximate surface area is 134 Å². The van der Waals surface area contributed by atoms with Crippen LogP contribution in [0.25, 0.3) is 0 Å². The summed E-state index contributed by atoms with van der Waals surface area (Å²) >= 11 is 6.12. The molecule has 1 fully saturated rings. The third-order valence-electron chi connectivity index (χ3n) is 3.65. The van der Waals surface area contributed by atoms with Gasteiger partial charge in [-0.3, -0.25) is 9.59 Å². The highest BCUT2D eigenvalue weighted by Crippen LogP contribution is 2.24. The van der Waals surface area contributed by atoms with Gasteiger partial charge >= 0.3 is 0 Å². The minimum atomic E-state index is -0.181. The van der Waals surface area contributed by atoms with E-state index < -0.39 is 0 Å². The van der Waals surface area contributed by atoms with E-state index in [9.17, 15) is 9.59 Å². The molecule has 1 aliphatic carbocycles. The van der Waals surface area contributed by atoms with Gasteiger partial charge in [-0.05, 0) is 36.6 Å². The second kappa shape index (κ2) is 7.31. The number of halogens is 1. The fourth-order valence-electron chi connectivity index (χ4n) is 2.36. The Hall–Kier alpha value is -2.01. The lowest BCUT2D eigenvalue weighted by Crippen LogP contribution is -2.53. The minimum Gasteiger partial charge on any atom is -0.497 e. The first-order chi connectivity index (χ1) is 10.5. The predicted molar refractivity (Wildman–Crippen MR) is 85.0 cm³/mol. The predicted octanol–water partition coefficient (Wildman–Crippen LogP) is 1.84. The summed E-state index contributed by atoms with van der Waals surface area (Å²) in [6.45, 7) is 3.40. The molecule has 0 saturated heterocycles. The maximum Gasteiger partial charge on any atom is 0.243 e. The molecule has 0 radical (unpaired) electrons. The molecular weight excluding hydrogens is 304 g/mol. The molecule has 1 aromatic carbocycles. The van der Waals surface area contributed by atoms with Gasteiger partial charge in [0, 0.05) is 17.1 Å². The van der Waals surface area contributed by atoms with Crippen LogP contribution in [0.3, 0.4) is 0 Å². The Balaban J connectivity index is 1.78. The molecule has 5 nitrogen and oxygen atoms in total. The van der Waals surface area contributed by atoms with Crippen LogP contribution < -0.4 is 15.4 Å². The highest BCUT2D eigenvalue weighted by molar-refractivity contribution is 6.31. The number of benzene rings is 1. The van der Waals surface area contributed by atoms with E-state index in [2.05, 4.69) is 17.2 Å². The number of amides is 2. The molecule has 0 unspecified atom stereocenters. The van der Waals surface area contributed by atoms with Crippen molar-refractivity contribution >= 4 is 23.4 Å². The van der Waals surface area contributed by atoms with Crippen molar-refractivity contribution in [1.82, 2.24) is 10.6 Å². The normalized spacial score (nSPS) is 19.7. The highest BCUT2D eigenvalue weighted by atomic mass is 35.5. The molecule has 1 aromatic rings. The summed E-state index contributed by atoms with van der Waals surface area (Å²) in [5.41, 5.74) is 0.760. The maximum absolute atomic E-state index is 12.0. The van der Waals surface area contributed by atoms with Crippen molar-refractivity contribution in [3.8, 4) is 5.75 Å². The van der Waals surface area contributed by atoms with E-state index >= 15 is 0 Å². The van der Waals surface area contributed by atoms with Crippen LogP contribution in [0.4, 0.5) is 0 Å². The first-order valence-corrected chi connectivity index (χ1v) is 7.44. The van der Waals surface area contributed by atoms with Crippen LogP contribution in [0.2, 0.25) is 5.02 Å². The molecule has 118 valence electrons. The van der Waals surface area contributed by atoms with E-state index in [1.807, 2.05) is 0 Å². The van der Waals surface area contributed by atoms with Crippen molar-refractivity contribution < 1.29 is 14.3 Å². The molecule has 2 N–H and O–H groups in total. The summed E-state index contributed by atoms with van der Waals surface area (Å²) in [4.78, 5) is 23.1. The van der Waals surface area contributed by atoms with E-state index in [0.29, 0.717) is 10.8 Å². The summed E-state index contributed by atoms with van der Waals surface area (Å²) in [6.07, 6.45) is 2.95. The number of hydrogen-bond acceptors (Lipinski definition) is 3. The molecule has 2 rings (SSSR count). The van der Waals surface area contributed by atoms with Gasteiger partial charge in [-0.15, -0.1) is 0 Å². The van der Waals surface area contributed by atoms with E-state index in [1.165, 1.54) is 6.08 Å². The number of methoxy groups -OCH3 is 1. The smallest absolute Gasteiger partial charge is 0.243 e. The molecule has 6 heteroatoms. The van der Waals surface area contributed by atoms with Gasteiger partial charge in [0.2, 0.25) is 11.8 Å². The summed E-state index contributed by atoms with van der Waals surface area (Å²) in [5, 5.41) is 6.25. The number of carbonyl (C=O) groups is 2. The second-order valence-corrected chi connectivity index (χ2v) is 5.69. The number of nitrogens with one attached hydrogen (secondary N) is 2. The first kappa shape index (κ1) is 16.4. The van der Waals surface area contributed by atoms with Crippen molar-refractivity contribution in [2.24, 2.45) is 0 Å². The Morgan fingerprint density at radius 2 is 2.05 bits per heavy atom. The molecule has 1 saturated carbocycles. The van der Waals surface area contributed by atoms with Crippen LogP contribution in [0.5, 0.6) is 5.75 Å². The van der Waals surface area contributed by atoms with Crippen LogP contribution in [0.15, 0.2) is 30.9 Å². The fraction of sp³-hybridized carbons (Fsp3) is 0.375. The average Bonchev–Trinajstić information content (AvgIpc) is 2.46. The zero-order valence-electron chi connectivity index (χ0n) is 12.4.